The van der Waals surface area contributed by atoms with E-state index < -0.39 is 9.84 Å². The van der Waals surface area contributed by atoms with Gasteiger partial charge in [0.25, 0.3) is 0 Å². The number of imidazole rings is 1. The maximum Gasteiger partial charge on any atom is 0.179 e. The molecule has 7 heteroatoms. The van der Waals surface area contributed by atoms with E-state index in [1.165, 1.54) is 12.1 Å². The number of halogens is 2. The number of sulfone groups is 1. The molecule has 0 amide bonds. The van der Waals surface area contributed by atoms with Crippen LogP contribution in [-0.4, -0.2) is 23.7 Å². The highest BCUT2D eigenvalue weighted by molar-refractivity contribution is 7.91. The molecule has 0 spiro atoms. The van der Waals surface area contributed by atoms with Gasteiger partial charge < -0.3 is 4.57 Å². The molecule has 0 aliphatic carbocycles. The Morgan fingerprint density at radius 3 is 2.50 bits per heavy atom. The first-order valence-electron chi connectivity index (χ1n) is 8.91. The van der Waals surface area contributed by atoms with Gasteiger partial charge in [0.1, 0.15) is 5.82 Å². The van der Waals surface area contributed by atoms with Crippen LogP contribution in [0.2, 0.25) is 10.0 Å². The van der Waals surface area contributed by atoms with Crippen LogP contribution in [0.4, 0.5) is 0 Å². The summed E-state index contributed by atoms with van der Waals surface area (Å²) in [5.41, 5.74) is 0. The Morgan fingerprint density at radius 2 is 1.85 bits per heavy atom. The molecular weight excluding hydrogens is 391 g/mol. The molecule has 0 bridgehead atoms. The second-order valence-corrected chi connectivity index (χ2v) is 9.89. The molecule has 0 saturated heterocycles. The van der Waals surface area contributed by atoms with E-state index in [0.717, 1.165) is 25.2 Å². The fourth-order valence-electron chi connectivity index (χ4n) is 2.80. The molecule has 0 radical (unpaired) electrons. The molecule has 1 unspecified atom stereocenters. The third-order valence-electron chi connectivity index (χ3n) is 4.70. The molecule has 1 aromatic heterocycles. The van der Waals surface area contributed by atoms with E-state index in [1.807, 2.05) is 12.4 Å². The molecule has 144 valence electrons. The number of aryl methyl sites for hydroxylation is 1. The number of hydrogen-bond acceptors (Lipinski definition) is 3. The number of hydrogen-bond donors (Lipinski definition) is 0. The van der Waals surface area contributed by atoms with Crippen LogP contribution >= 0.6 is 23.2 Å². The predicted octanol–water partition coefficient (Wildman–Crippen LogP) is 5.59. The van der Waals surface area contributed by atoms with Crippen molar-refractivity contribution in [2.45, 2.75) is 57.4 Å². The molecule has 2 aromatic rings. The molecule has 1 atom stereocenters. The second-order valence-electron chi connectivity index (χ2n) is 6.97. The second kappa shape index (κ2) is 9.25. The zero-order valence-electron chi connectivity index (χ0n) is 15.5. The van der Waals surface area contributed by atoms with E-state index in [-0.39, 0.29) is 15.7 Å². The van der Waals surface area contributed by atoms with Crippen molar-refractivity contribution in [3.8, 4) is 0 Å². The molecule has 4 nitrogen and oxygen atoms in total. The average molecular weight is 417 g/mol. The smallest absolute Gasteiger partial charge is 0.179 e. The summed E-state index contributed by atoms with van der Waals surface area (Å²) in [6, 6.07) is 4.49. The summed E-state index contributed by atoms with van der Waals surface area (Å²) >= 11 is 11.8. The van der Waals surface area contributed by atoms with Gasteiger partial charge in [0.15, 0.2) is 9.84 Å². The van der Waals surface area contributed by atoms with Crippen LogP contribution < -0.4 is 0 Å². The van der Waals surface area contributed by atoms with Gasteiger partial charge in [0.05, 0.1) is 15.7 Å². The van der Waals surface area contributed by atoms with E-state index >= 15 is 0 Å². The van der Waals surface area contributed by atoms with Crippen molar-refractivity contribution in [3.63, 3.8) is 0 Å². The first kappa shape index (κ1) is 21.3. The lowest BCUT2D eigenvalue weighted by atomic mass is 9.97. The van der Waals surface area contributed by atoms with E-state index in [1.54, 1.807) is 6.07 Å². The van der Waals surface area contributed by atoms with E-state index in [4.69, 9.17) is 23.2 Å². The normalized spacial score (nSPS) is 13.3. The highest BCUT2D eigenvalue weighted by Crippen LogP contribution is 2.26. The Bertz CT molecular complexity index is 832. The van der Waals surface area contributed by atoms with Crippen LogP contribution in [0.15, 0.2) is 35.5 Å². The summed E-state index contributed by atoms with van der Waals surface area (Å²) in [7, 11) is -3.38. The van der Waals surface area contributed by atoms with E-state index in [2.05, 4.69) is 30.3 Å². The molecule has 1 aromatic carbocycles. The van der Waals surface area contributed by atoms with E-state index in [9.17, 15) is 8.42 Å². The first-order valence-corrected chi connectivity index (χ1v) is 11.3. The maximum atomic E-state index is 12.4. The van der Waals surface area contributed by atoms with Gasteiger partial charge in [-0.3, -0.25) is 0 Å². The minimum Gasteiger partial charge on any atom is -0.335 e. The van der Waals surface area contributed by atoms with Gasteiger partial charge in [-0.05, 0) is 37.0 Å². The van der Waals surface area contributed by atoms with Gasteiger partial charge in [-0.15, -0.1) is 0 Å². The Balaban J connectivity index is 1.85. The third kappa shape index (κ3) is 5.48. The van der Waals surface area contributed by atoms with Gasteiger partial charge in [0, 0.05) is 29.9 Å². The van der Waals surface area contributed by atoms with Crippen molar-refractivity contribution >= 4 is 33.0 Å². The first-order chi connectivity index (χ1) is 12.2. The summed E-state index contributed by atoms with van der Waals surface area (Å²) in [5.74, 6) is 2.12. The molecule has 2 rings (SSSR count). The number of benzene rings is 1. The third-order valence-corrected chi connectivity index (χ3v) is 7.21. The van der Waals surface area contributed by atoms with Gasteiger partial charge in [-0.1, -0.05) is 50.4 Å². The Hall–Kier alpha value is -1.04. The van der Waals surface area contributed by atoms with Crippen molar-refractivity contribution in [3.05, 3.63) is 46.5 Å². The zero-order valence-corrected chi connectivity index (χ0v) is 17.8. The van der Waals surface area contributed by atoms with Crippen LogP contribution in [0.25, 0.3) is 0 Å². The lowest BCUT2D eigenvalue weighted by Gasteiger charge is -2.17. The van der Waals surface area contributed by atoms with Gasteiger partial charge in [-0.25, -0.2) is 13.4 Å². The van der Waals surface area contributed by atoms with Crippen LogP contribution in [0, 0.1) is 5.92 Å². The topological polar surface area (TPSA) is 52.0 Å². The van der Waals surface area contributed by atoms with Crippen molar-refractivity contribution < 1.29 is 8.42 Å². The minimum absolute atomic E-state index is 0.0908. The highest BCUT2D eigenvalue weighted by atomic mass is 35.5. The molecule has 26 heavy (non-hydrogen) atoms. The van der Waals surface area contributed by atoms with Crippen LogP contribution in [-0.2, 0) is 16.4 Å². The summed E-state index contributed by atoms with van der Waals surface area (Å²) in [4.78, 5) is 4.63. The van der Waals surface area contributed by atoms with Gasteiger partial charge in [0.2, 0.25) is 0 Å². The minimum atomic E-state index is -3.38. The fourth-order valence-corrected chi connectivity index (χ4v) is 4.99. The fraction of sp³-hybridized carbons (Fsp3) is 0.526. The molecular formula is C19H26Cl2N2O2S. The Labute approximate surface area is 166 Å². The lowest BCUT2D eigenvalue weighted by molar-refractivity contribution is 0.473. The lowest BCUT2D eigenvalue weighted by Crippen LogP contribution is -2.11. The van der Waals surface area contributed by atoms with Crippen molar-refractivity contribution in [1.29, 1.82) is 0 Å². The summed E-state index contributed by atoms with van der Waals surface area (Å²) < 4.78 is 27.0. The molecule has 0 aliphatic heterocycles. The Morgan fingerprint density at radius 1 is 1.12 bits per heavy atom. The number of nitrogens with zero attached hydrogens (tertiary/aromatic N) is 2. The largest absolute Gasteiger partial charge is 0.335 e. The maximum absolute atomic E-state index is 12.4. The van der Waals surface area contributed by atoms with Gasteiger partial charge >= 0.3 is 0 Å². The SMILES string of the molecule is CC(C)C(C)c1nccn1CCCCCS(=O)(=O)c1ccc(Cl)cc1Cl. The number of aromatic nitrogens is 2. The quantitative estimate of drug-likeness (QED) is 0.500. The Kier molecular flexibility index (Phi) is 7.56. The molecule has 1 heterocycles. The van der Waals surface area contributed by atoms with Crippen LogP contribution in [0.3, 0.4) is 0 Å². The predicted molar refractivity (Wildman–Crippen MR) is 108 cm³/mol. The zero-order chi connectivity index (χ0) is 19.3. The molecule has 0 fully saturated rings. The summed E-state index contributed by atoms with van der Waals surface area (Å²) in [6.07, 6.45) is 6.18. The van der Waals surface area contributed by atoms with Crippen molar-refractivity contribution in [2.24, 2.45) is 5.92 Å². The standard InChI is InChI=1S/C19H26Cl2N2O2S/c1-14(2)15(3)19-22-9-11-23(19)10-5-4-6-12-26(24,25)18-8-7-16(20)13-17(18)21/h7-9,11,13-15H,4-6,10,12H2,1-3H3. The van der Waals surface area contributed by atoms with Crippen molar-refractivity contribution in [2.75, 3.05) is 5.75 Å². The van der Waals surface area contributed by atoms with Crippen molar-refractivity contribution in [1.82, 2.24) is 9.55 Å². The van der Waals surface area contributed by atoms with E-state index in [0.29, 0.717) is 23.3 Å². The van der Waals surface area contributed by atoms with Crippen LogP contribution in [0.5, 0.6) is 0 Å². The molecule has 0 N–H and O–H groups in total. The molecule has 0 saturated carbocycles. The summed E-state index contributed by atoms with van der Waals surface area (Å²) in [5, 5.41) is 0.615. The molecule has 0 aliphatic rings. The monoisotopic (exact) mass is 416 g/mol. The van der Waals surface area contributed by atoms with Gasteiger partial charge in [-0.2, -0.15) is 0 Å². The summed E-state index contributed by atoms with van der Waals surface area (Å²) in [6.45, 7) is 7.42. The number of rotatable bonds is 9. The average Bonchev–Trinajstić information content (AvgIpc) is 3.01. The number of unbranched alkanes of at least 4 members (excludes halogenated alkanes) is 2. The van der Waals surface area contributed by atoms with Crippen LogP contribution in [0.1, 0.15) is 51.8 Å². The highest BCUT2D eigenvalue weighted by Gasteiger charge is 2.18.